The summed E-state index contributed by atoms with van der Waals surface area (Å²) in [6.45, 7) is 17.1. The number of aromatic amines is 1. The molecule has 3 fully saturated rings. The van der Waals surface area contributed by atoms with Gasteiger partial charge in [0.05, 0.1) is 34.8 Å². The molecule has 74 heavy (non-hydrogen) atoms. The summed E-state index contributed by atoms with van der Waals surface area (Å²) in [6, 6.07) is 15.5. The maximum absolute atomic E-state index is 16.3. The predicted octanol–water partition coefficient (Wildman–Crippen LogP) is 8.33. The second kappa shape index (κ2) is 21.7. The summed E-state index contributed by atoms with van der Waals surface area (Å²) in [5, 5.41) is 17.7. The number of amides is 3. The molecule has 398 valence electrons. The number of aryl methyl sites for hydroxylation is 1. The predicted molar refractivity (Wildman–Crippen MR) is 282 cm³/mol. The number of aliphatic hydroxyl groups is 1. The quantitative estimate of drug-likeness (QED) is 0.0814. The Balaban J connectivity index is 0.737. The molecular weight excluding hydrogens is 966 g/mol. The van der Waals surface area contributed by atoms with E-state index in [1.165, 1.54) is 30.9 Å². The van der Waals surface area contributed by atoms with Crippen LogP contribution in [-0.2, 0) is 27.3 Å². The Bertz CT molecular complexity index is 2780. The topological polar surface area (TPSA) is 146 Å². The molecule has 0 aliphatic carbocycles. The van der Waals surface area contributed by atoms with Crippen molar-refractivity contribution in [2.75, 3.05) is 59.0 Å². The largest absolute Gasteiger partial charge is 0.492 e. The van der Waals surface area contributed by atoms with Crippen LogP contribution >= 0.6 is 11.3 Å². The van der Waals surface area contributed by atoms with Gasteiger partial charge in [-0.2, -0.15) is 0 Å². The van der Waals surface area contributed by atoms with Crippen molar-refractivity contribution in [1.29, 1.82) is 0 Å². The van der Waals surface area contributed by atoms with E-state index >= 15 is 13.2 Å². The summed E-state index contributed by atoms with van der Waals surface area (Å²) < 4.78 is 53.8. The highest BCUT2D eigenvalue weighted by molar-refractivity contribution is 7.13. The maximum Gasteiger partial charge on any atom is 0.246 e. The Morgan fingerprint density at radius 3 is 2.26 bits per heavy atom. The van der Waals surface area contributed by atoms with E-state index < -0.39 is 46.9 Å². The van der Waals surface area contributed by atoms with Crippen LogP contribution in [0.4, 0.5) is 13.2 Å². The summed E-state index contributed by atoms with van der Waals surface area (Å²) in [5.74, 6) is -2.34. The molecule has 0 unspecified atom stereocenters. The van der Waals surface area contributed by atoms with Gasteiger partial charge in [-0.3, -0.25) is 29.1 Å². The highest BCUT2D eigenvalue weighted by Gasteiger charge is 2.46. The number of H-pyrrole nitrogens is 1. The van der Waals surface area contributed by atoms with E-state index in [9.17, 15) is 19.5 Å². The second-order valence-electron chi connectivity index (χ2n) is 23.1. The number of aliphatic hydroxyl groups excluding tert-OH is 1. The van der Waals surface area contributed by atoms with Gasteiger partial charge in [0, 0.05) is 72.9 Å². The van der Waals surface area contributed by atoms with Gasteiger partial charge in [-0.25, -0.2) is 18.2 Å². The van der Waals surface area contributed by atoms with Crippen LogP contribution in [0.2, 0.25) is 0 Å². The molecule has 0 radical (unpaired) electrons. The van der Waals surface area contributed by atoms with Gasteiger partial charge in [-0.05, 0) is 120 Å². The number of thiazole rings is 1. The monoisotopic (exact) mass is 1040 g/mol. The number of likely N-dealkylation sites (tertiary alicyclic amines) is 3. The van der Waals surface area contributed by atoms with Crippen molar-refractivity contribution in [3.8, 4) is 16.2 Å². The molecule has 9 rings (SSSR count). The van der Waals surface area contributed by atoms with Crippen LogP contribution in [0.15, 0.2) is 66.2 Å². The highest BCUT2D eigenvalue weighted by atomic mass is 32.1. The van der Waals surface area contributed by atoms with Gasteiger partial charge in [0.2, 0.25) is 17.7 Å². The van der Waals surface area contributed by atoms with Gasteiger partial charge in [0.25, 0.3) is 0 Å². The van der Waals surface area contributed by atoms with Gasteiger partial charge in [0.15, 0.2) is 0 Å². The smallest absolute Gasteiger partial charge is 0.246 e. The third-order valence-corrected chi connectivity index (χ3v) is 17.0. The lowest BCUT2D eigenvalue weighted by atomic mass is 9.71. The number of fused-ring (bicyclic) bond motifs is 3. The molecule has 4 N–H and O–H groups in total. The van der Waals surface area contributed by atoms with Crippen LogP contribution in [0.3, 0.4) is 0 Å². The number of β-amino-alcohol motifs (C(OH)–C–C–N with tert-alkyl or cyclic N) is 1. The fraction of sp³-hybridized carbons (Fsp3) is 0.544. The Morgan fingerprint density at radius 2 is 1.62 bits per heavy atom. The van der Waals surface area contributed by atoms with E-state index in [4.69, 9.17) is 4.74 Å². The lowest BCUT2D eigenvalue weighted by molar-refractivity contribution is -0.144. The van der Waals surface area contributed by atoms with Crippen LogP contribution in [0.5, 0.6) is 5.75 Å². The number of nitrogens with one attached hydrogen (secondary N) is 3. The molecule has 3 amide bonds. The van der Waals surface area contributed by atoms with E-state index in [1.54, 1.807) is 11.3 Å². The number of rotatable bonds is 15. The third-order valence-electron chi connectivity index (χ3n) is 16.0. The van der Waals surface area contributed by atoms with Crippen LogP contribution in [0.1, 0.15) is 108 Å². The average Bonchev–Trinajstić information content (AvgIpc) is 4.07. The fourth-order valence-corrected chi connectivity index (χ4v) is 12.6. The van der Waals surface area contributed by atoms with Crippen LogP contribution < -0.4 is 15.4 Å². The molecule has 17 heteroatoms. The maximum atomic E-state index is 16.3. The summed E-state index contributed by atoms with van der Waals surface area (Å²) >= 11 is 1.58. The van der Waals surface area contributed by atoms with Gasteiger partial charge in [0.1, 0.15) is 41.7 Å². The van der Waals surface area contributed by atoms with Crippen molar-refractivity contribution >= 4 is 40.0 Å². The molecule has 13 nitrogen and oxygen atoms in total. The SMILES string of the molecule is Cc1ncsc1-c1ccc(CNC(=O)[C@@H]2C[C@@H](O)CN2C(=O)[C@@H](NC(=O)CN2CCC3(CCN(CCOc4cc(F)c([C@@H]5c6[nH]c7ccccc7c6C[C@@H](C)N5CC(C)(C)F)c(F)c4)CC3)CC2)C(C)(C)C)cc1. The van der Waals surface area contributed by atoms with Crippen molar-refractivity contribution in [2.24, 2.45) is 10.8 Å². The number of ether oxygens (including phenoxy) is 1. The number of nitrogens with zero attached hydrogens (tertiary/aromatic N) is 5. The molecule has 0 bridgehead atoms. The first-order valence-corrected chi connectivity index (χ1v) is 27.2. The first kappa shape index (κ1) is 53.5. The normalized spacial score (nSPS) is 22.2. The van der Waals surface area contributed by atoms with Gasteiger partial charge >= 0.3 is 0 Å². The second-order valence-corrected chi connectivity index (χ2v) is 24.0. The number of carbonyl (C=O) groups excluding carboxylic acids is 3. The Kier molecular flexibility index (Phi) is 15.7. The molecule has 3 saturated heterocycles. The number of aromatic nitrogens is 2. The van der Waals surface area contributed by atoms with E-state index in [2.05, 4.69) is 30.4 Å². The van der Waals surface area contributed by atoms with Crippen molar-refractivity contribution in [1.82, 2.24) is 40.2 Å². The molecule has 4 aliphatic rings. The van der Waals surface area contributed by atoms with Crippen LogP contribution in [-0.4, -0.2) is 141 Å². The molecule has 1 spiro atoms. The van der Waals surface area contributed by atoms with Crippen LogP contribution in [0, 0.1) is 29.4 Å². The van der Waals surface area contributed by atoms with Crippen LogP contribution in [0.25, 0.3) is 21.3 Å². The molecule has 2 aromatic heterocycles. The van der Waals surface area contributed by atoms with E-state index in [-0.39, 0.29) is 79.7 Å². The van der Waals surface area contributed by atoms with E-state index in [0.717, 1.165) is 90.0 Å². The average molecular weight is 1040 g/mol. The number of halogens is 3. The number of alkyl halides is 1. The van der Waals surface area contributed by atoms with Crippen molar-refractivity contribution in [3.63, 3.8) is 0 Å². The third kappa shape index (κ3) is 11.9. The molecule has 5 atom stereocenters. The zero-order chi connectivity index (χ0) is 52.7. The van der Waals surface area contributed by atoms with Gasteiger partial charge in [-0.15, -0.1) is 11.3 Å². The molecule has 4 aliphatic heterocycles. The van der Waals surface area contributed by atoms with Crippen molar-refractivity contribution in [3.05, 3.63) is 106 Å². The summed E-state index contributed by atoms with van der Waals surface area (Å²) in [4.78, 5) is 58.2. The Hall–Kier alpha value is -5.33. The summed E-state index contributed by atoms with van der Waals surface area (Å²) in [7, 11) is 0. The standard InChI is InChI=1S/C57H73F3N8O5S/c1-35-26-42-41-10-8-9-11-45(41)63-49(42)50(68(35)33-56(6,7)60)48-43(58)28-40(29-44(48)59)73-25-24-65-20-16-57(17-21-65)18-22-66(23-19-57)32-47(70)64-52(55(3,4)5)54(72)67-31-39(69)27-46(67)53(71)61-30-37-12-14-38(15-13-37)51-36(2)62-34-74-51/h8-15,28-29,34-35,39,46,50,52,63,69H,16-27,30-33H2,1-7H3,(H,61,71)(H,64,70)/t35-,39-,46+,50-,52-/m1/s1. The number of piperidine rings is 2. The number of hydrogen-bond donors (Lipinski definition) is 4. The summed E-state index contributed by atoms with van der Waals surface area (Å²) in [5.41, 5.74) is 5.08. The molecule has 6 heterocycles. The minimum atomic E-state index is -1.59. The Morgan fingerprint density at radius 1 is 0.959 bits per heavy atom. The number of para-hydroxylation sites is 1. The molecule has 3 aromatic carbocycles. The Labute approximate surface area is 437 Å². The zero-order valence-corrected chi connectivity index (χ0v) is 44.7. The van der Waals surface area contributed by atoms with Crippen molar-refractivity contribution < 1.29 is 37.4 Å². The molecular formula is C57H73F3N8O5S. The van der Waals surface area contributed by atoms with E-state index in [1.807, 2.05) is 93.6 Å². The first-order valence-electron chi connectivity index (χ1n) is 26.3. The lowest BCUT2D eigenvalue weighted by Gasteiger charge is -2.47. The number of carbonyl (C=O) groups is 3. The molecule has 0 saturated carbocycles. The van der Waals surface area contributed by atoms with E-state index in [0.29, 0.717) is 18.7 Å². The molecule has 5 aromatic rings. The lowest BCUT2D eigenvalue weighted by Crippen LogP contribution is -2.59. The number of hydrogen-bond acceptors (Lipinski definition) is 10. The fourth-order valence-electron chi connectivity index (χ4n) is 11.8. The van der Waals surface area contributed by atoms with Gasteiger partial charge in [-0.1, -0.05) is 63.2 Å². The highest BCUT2D eigenvalue weighted by Crippen LogP contribution is 2.45. The first-order chi connectivity index (χ1) is 35.1. The van der Waals surface area contributed by atoms with Gasteiger partial charge < -0.3 is 30.4 Å². The van der Waals surface area contributed by atoms with Crippen molar-refractivity contribution in [2.45, 2.75) is 129 Å². The zero-order valence-electron chi connectivity index (χ0n) is 43.9. The minimum Gasteiger partial charge on any atom is -0.492 e. The minimum absolute atomic E-state index is 0.00391. The number of benzene rings is 3. The summed E-state index contributed by atoms with van der Waals surface area (Å²) in [6.07, 6.45) is 3.73.